The first-order valence-corrected chi connectivity index (χ1v) is 3.65. The largest absolute Gasteiger partial charge is 0.402 e. The maximum Gasteiger partial charge on any atom is 0.389 e. The zero-order valence-electron chi connectivity index (χ0n) is 6.50. The molecule has 3 nitrogen and oxygen atoms in total. The Hall–Kier alpha value is -1.65. The highest BCUT2D eigenvalue weighted by molar-refractivity contribution is 5.75. The van der Waals surface area contributed by atoms with Gasteiger partial charge >= 0.3 is 6.61 Å². The molecule has 0 saturated heterocycles. The fourth-order valence-corrected chi connectivity index (χ4v) is 1.07. The Kier molecular flexibility index (Phi) is 1.84. The van der Waals surface area contributed by atoms with Crippen LogP contribution in [0.1, 0.15) is 0 Å². The molecule has 2 aromatic rings. The number of nitrogens with zero attached hydrogens (tertiary/aromatic N) is 1. The van der Waals surface area contributed by atoms with E-state index in [1.165, 1.54) is 0 Å². The van der Waals surface area contributed by atoms with Crippen LogP contribution in [0.3, 0.4) is 0 Å². The predicted octanol–water partition coefficient (Wildman–Crippen LogP) is 2.16. The second-order valence-corrected chi connectivity index (χ2v) is 2.44. The van der Waals surface area contributed by atoms with Crippen molar-refractivity contribution in [1.82, 2.24) is 9.97 Å². The molecule has 1 N–H and O–H groups in total. The van der Waals surface area contributed by atoms with Gasteiger partial charge < -0.3 is 9.72 Å². The Morgan fingerprint density at radius 2 is 2.08 bits per heavy atom. The molecule has 0 bridgehead atoms. The zero-order valence-corrected chi connectivity index (χ0v) is 6.50. The van der Waals surface area contributed by atoms with E-state index in [-0.39, 0.29) is 6.01 Å². The summed E-state index contributed by atoms with van der Waals surface area (Å²) in [6.45, 7) is -2.85. The summed E-state index contributed by atoms with van der Waals surface area (Å²) < 4.78 is 27.6. The third-order valence-corrected chi connectivity index (χ3v) is 1.57. The normalized spacial score (nSPS) is 11.0. The summed E-state index contributed by atoms with van der Waals surface area (Å²) in [5.41, 5.74) is 1.29. The van der Waals surface area contributed by atoms with Crippen LogP contribution >= 0.6 is 0 Å². The number of aromatic amines is 1. The molecule has 1 aromatic carbocycles. The van der Waals surface area contributed by atoms with Gasteiger partial charge in [0.05, 0.1) is 11.0 Å². The van der Waals surface area contributed by atoms with Crippen molar-refractivity contribution in [2.45, 2.75) is 6.61 Å². The highest BCUT2D eigenvalue weighted by Crippen LogP contribution is 2.16. The molecule has 0 aliphatic carbocycles. The maximum absolute atomic E-state index is 11.8. The lowest BCUT2D eigenvalue weighted by molar-refractivity contribution is -0.0553. The van der Waals surface area contributed by atoms with E-state index in [1.807, 2.05) is 0 Å². The molecule has 0 radical (unpaired) electrons. The van der Waals surface area contributed by atoms with Gasteiger partial charge in [-0.2, -0.15) is 13.8 Å². The Bertz CT molecular complexity index is 380. The molecule has 1 heterocycles. The third kappa shape index (κ3) is 1.58. The van der Waals surface area contributed by atoms with Gasteiger partial charge in [-0.25, -0.2) is 0 Å². The molecule has 0 fully saturated rings. The summed E-state index contributed by atoms with van der Waals surface area (Å²) in [6, 6.07) is 6.85. The van der Waals surface area contributed by atoms with E-state index >= 15 is 0 Å². The number of imidazole rings is 1. The molecule has 0 atom stereocenters. The van der Waals surface area contributed by atoms with Crippen LogP contribution < -0.4 is 4.74 Å². The molecular weight excluding hydrogens is 178 g/mol. The van der Waals surface area contributed by atoms with Gasteiger partial charge in [0, 0.05) is 0 Å². The number of halogens is 2. The number of ether oxygens (including phenoxy) is 1. The molecule has 0 aliphatic heterocycles. The number of benzene rings is 1. The molecule has 0 spiro atoms. The summed E-state index contributed by atoms with van der Waals surface area (Å²) in [6.07, 6.45) is 0. The van der Waals surface area contributed by atoms with Crippen molar-refractivity contribution in [2.75, 3.05) is 0 Å². The Balaban J connectivity index is 2.38. The SMILES string of the molecule is FC(F)Oc1nc2ccccc2[nH]1. The first kappa shape index (κ1) is 7.97. The molecule has 0 unspecified atom stereocenters. The molecule has 1 aromatic heterocycles. The van der Waals surface area contributed by atoms with Gasteiger partial charge in [-0.3, -0.25) is 0 Å². The summed E-state index contributed by atoms with van der Waals surface area (Å²) in [4.78, 5) is 6.41. The minimum Gasteiger partial charge on any atom is -0.402 e. The van der Waals surface area contributed by atoms with Crippen LogP contribution in [0.25, 0.3) is 11.0 Å². The number of H-pyrrole nitrogens is 1. The quantitative estimate of drug-likeness (QED) is 0.776. The lowest BCUT2D eigenvalue weighted by Crippen LogP contribution is -2.02. The van der Waals surface area contributed by atoms with E-state index in [0.717, 1.165) is 0 Å². The van der Waals surface area contributed by atoms with Gasteiger partial charge in [0.2, 0.25) is 0 Å². The Morgan fingerprint density at radius 1 is 1.31 bits per heavy atom. The van der Waals surface area contributed by atoms with Crippen molar-refractivity contribution in [3.63, 3.8) is 0 Å². The highest BCUT2D eigenvalue weighted by atomic mass is 19.3. The van der Waals surface area contributed by atoms with E-state index in [4.69, 9.17) is 0 Å². The van der Waals surface area contributed by atoms with Crippen molar-refractivity contribution < 1.29 is 13.5 Å². The number of rotatable bonds is 2. The van der Waals surface area contributed by atoms with Crippen molar-refractivity contribution >= 4 is 11.0 Å². The molecule has 2 rings (SSSR count). The molecule has 0 aliphatic rings. The van der Waals surface area contributed by atoms with Crippen molar-refractivity contribution in [2.24, 2.45) is 0 Å². The van der Waals surface area contributed by atoms with Crippen LogP contribution in [0.5, 0.6) is 6.01 Å². The highest BCUT2D eigenvalue weighted by Gasteiger charge is 2.08. The van der Waals surface area contributed by atoms with Gasteiger partial charge in [0.1, 0.15) is 0 Å². The van der Waals surface area contributed by atoms with Gasteiger partial charge in [0.15, 0.2) is 0 Å². The number of aromatic nitrogens is 2. The van der Waals surface area contributed by atoms with E-state index in [9.17, 15) is 8.78 Å². The fraction of sp³-hybridized carbons (Fsp3) is 0.125. The molecular formula is C8H6F2N2O. The third-order valence-electron chi connectivity index (χ3n) is 1.57. The lowest BCUT2D eigenvalue weighted by atomic mass is 10.3. The average molecular weight is 184 g/mol. The van der Waals surface area contributed by atoms with Crippen LogP contribution in [0.15, 0.2) is 24.3 Å². The minimum absolute atomic E-state index is 0.156. The second kappa shape index (κ2) is 3.01. The maximum atomic E-state index is 11.8. The standard InChI is InChI=1S/C8H6F2N2O/c9-7(10)13-8-11-5-3-1-2-4-6(5)12-8/h1-4,7H,(H,11,12). The van der Waals surface area contributed by atoms with Crippen LogP contribution in [0.2, 0.25) is 0 Å². The van der Waals surface area contributed by atoms with E-state index in [2.05, 4.69) is 14.7 Å². The number of alkyl halides is 2. The first-order valence-electron chi connectivity index (χ1n) is 3.65. The smallest absolute Gasteiger partial charge is 0.389 e. The summed E-state index contributed by atoms with van der Waals surface area (Å²) in [7, 11) is 0. The molecule has 68 valence electrons. The van der Waals surface area contributed by atoms with Crippen LogP contribution in [-0.2, 0) is 0 Å². The van der Waals surface area contributed by atoms with Crippen molar-refractivity contribution in [1.29, 1.82) is 0 Å². The van der Waals surface area contributed by atoms with Gasteiger partial charge in [-0.15, -0.1) is 0 Å². The van der Waals surface area contributed by atoms with E-state index in [1.54, 1.807) is 24.3 Å². The fourth-order valence-electron chi connectivity index (χ4n) is 1.07. The number of fused-ring (bicyclic) bond motifs is 1. The Labute approximate surface area is 72.4 Å². The van der Waals surface area contributed by atoms with E-state index < -0.39 is 6.61 Å². The summed E-state index contributed by atoms with van der Waals surface area (Å²) in [5, 5.41) is 0. The first-order chi connectivity index (χ1) is 6.25. The molecule has 5 heteroatoms. The van der Waals surface area contributed by atoms with Gasteiger partial charge in [0.25, 0.3) is 6.01 Å². The van der Waals surface area contributed by atoms with E-state index in [0.29, 0.717) is 11.0 Å². The predicted molar refractivity (Wildman–Crippen MR) is 42.7 cm³/mol. The number of hydrogen-bond donors (Lipinski definition) is 1. The van der Waals surface area contributed by atoms with Crippen molar-refractivity contribution in [3.05, 3.63) is 24.3 Å². The molecule has 0 saturated carbocycles. The monoisotopic (exact) mass is 184 g/mol. The number of para-hydroxylation sites is 2. The zero-order chi connectivity index (χ0) is 9.26. The van der Waals surface area contributed by atoms with Gasteiger partial charge in [-0.1, -0.05) is 12.1 Å². The minimum atomic E-state index is -2.85. The van der Waals surface area contributed by atoms with Crippen molar-refractivity contribution in [3.8, 4) is 6.01 Å². The molecule has 13 heavy (non-hydrogen) atoms. The van der Waals surface area contributed by atoms with Crippen LogP contribution in [0.4, 0.5) is 8.78 Å². The van der Waals surface area contributed by atoms with Crippen LogP contribution in [0, 0.1) is 0 Å². The summed E-state index contributed by atoms with van der Waals surface area (Å²) >= 11 is 0. The lowest BCUT2D eigenvalue weighted by Gasteiger charge is -1.96. The second-order valence-electron chi connectivity index (χ2n) is 2.44. The topological polar surface area (TPSA) is 37.9 Å². The summed E-state index contributed by atoms with van der Waals surface area (Å²) in [5.74, 6) is 0. The molecule has 0 amide bonds. The number of hydrogen-bond acceptors (Lipinski definition) is 2. The van der Waals surface area contributed by atoms with Gasteiger partial charge in [-0.05, 0) is 12.1 Å². The number of nitrogens with one attached hydrogen (secondary N) is 1. The average Bonchev–Trinajstić information content (AvgIpc) is 2.44. The Morgan fingerprint density at radius 3 is 2.77 bits per heavy atom. The van der Waals surface area contributed by atoms with Crippen LogP contribution in [-0.4, -0.2) is 16.6 Å².